The average Bonchev–Trinajstić information content (AvgIpc) is 2.89. The van der Waals surface area contributed by atoms with Crippen LogP contribution in [0.5, 0.6) is 0 Å². The minimum atomic E-state index is -0.479. The molecule has 19 heavy (non-hydrogen) atoms. The van der Waals surface area contributed by atoms with Gasteiger partial charge in [-0.05, 0) is 12.1 Å². The molecule has 2 aromatic rings. The number of carbonyl (C=O) groups excluding carboxylic acids is 2. The van der Waals surface area contributed by atoms with Gasteiger partial charge in [-0.2, -0.15) is 15.0 Å². The van der Waals surface area contributed by atoms with Crippen LogP contribution in [0.4, 0.5) is 0 Å². The Morgan fingerprint density at radius 3 is 2.89 bits per heavy atom. The van der Waals surface area contributed by atoms with Gasteiger partial charge in [-0.25, -0.2) is 4.99 Å². The molecule has 0 spiro atoms. The zero-order valence-electron chi connectivity index (χ0n) is 10.4. The fourth-order valence-electron chi connectivity index (χ4n) is 2.13. The van der Waals surface area contributed by atoms with Crippen LogP contribution in [-0.4, -0.2) is 34.0 Å². The Labute approximate surface area is 107 Å². The molecule has 0 atom stereocenters. The Morgan fingerprint density at radius 2 is 2.16 bits per heavy atom. The highest BCUT2D eigenvalue weighted by Crippen LogP contribution is 2.10. The van der Waals surface area contributed by atoms with E-state index >= 15 is 0 Å². The third kappa shape index (κ3) is 1.70. The molecular formula is C12H10N4O3. The number of aromatic nitrogens is 3. The summed E-state index contributed by atoms with van der Waals surface area (Å²) in [6, 6.07) is 3.45. The summed E-state index contributed by atoms with van der Waals surface area (Å²) in [5.41, 5.74) is 1.55. The van der Waals surface area contributed by atoms with Gasteiger partial charge in [-0.1, -0.05) is 0 Å². The molecule has 1 aromatic heterocycles. The number of benzene rings is 1. The second-order valence-electron chi connectivity index (χ2n) is 4.17. The highest BCUT2D eigenvalue weighted by atomic mass is 16.5. The molecule has 0 saturated carbocycles. The van der Waals surface area contributed by atoms with Crippen molar-refractivity contribution in [1.29, 1.82) is 0 Å². The van der Waals surface area contributed by atoms with Gasteiger partial charge in [0.1, 0.15) is 11.0 Å². The summed E-state index contributed by atoms with van der Waals surface area (Å²) in [5.74, 6) is -0.897. The molecule has 0 aliphatic carbocycles. The number of hydrogen-bond donors (Lipinski definition) is 0. The van der Waals surface area contributed by atoms with E-state index < -0.39 is 11.9 Å². The van der Waals surface area contributed by atoms with Gasteiger partial charge in [0, 0.05) is 17.8 Å². The summed E-state index contributed by atoms with van der Waals surface area (Å²) in [5, 5.41) is 9.50. The van der Waals surface area contributed by atoms with Crippen molar-refractivity contribution < 1.29 is 14.3 Å². The van der Waals surface area contributed by atoms with E-state index in [1.165, 1.54) is 11.9 Å². The first-order chi connectivity index (χ1) is 9.10. The monoisotopic (exact) mass is 258 g/mol. The van der Waals surface area contributed by atoms with Crippen molar-refractivity contribution in [3.05, 3.63) is 22.7 Å². The maximum absolute atomic E-state index is 11.9. The predicted molar refractivity (Wildman–Crippen MR) is 64.3 cm³/mol. The zero-order chi connectivity index (χ0) is 13.6. The lowest BCUT2D eigenvalue weighted by Crippen LogP contribution is -2.25. The summed E-state index contributed by atoms with van der Waals surface area (Å²) in [7, 11) is 2.98. The average molecular weight is 258 g/mol. The Morgan fingerprint density at radius 1 is 1.37 bits per heavy atom. The molecule has 1 aliphatic rings. The van der Waals surface area contributed by atoms with Crippen molar-refractivity contribution in [2.45, 2.75) is 6.42 Å². The van der Waals surface area contributed by atoms with Crippen molar-refractivity contribution >= 4 is 28.5 Å². The van der Waals surface area contributed by atoms with Gasteiger partial charge in [-0.3, -0.25) is 9.59 Å². The van der Waals surface area contributed by atoms with Crippen LogP contribution in [0, 0.1) is 0 Å². The third-order valence-electron chi connectivity index (χ3n) is 2.96. The van der Waals surface area contributed by atoms with Crippen LogP contribution in [-0.2, 0) is 21.4 Å². The van der Waals surface area contributed by atoms with Gasteiger partial charge in [0.15, 0.2) is 0 Å². The third-order valence-corrected chi connectivity index (χ3v) is 2.96. The van der Waals surface area contributed by atoms with Crippen molar-refractivity contribution in [1.82, 2.24) is 15.0 Å². The number of nitrogens with zero attached hydrogens (tertiary/aromatic N) is 4. The zero-order valence-corrected chi connectivity index (χ0v) is 10.4. The molecule has 0 bridgehead atoms. The van der Waals surface area contributed by atoms with Crippen LogP contribution in [0.25, 0.3) is 16.6 Å². The summed E-state index contributed by atoms with van der Waals surface area (Å²) < 4.78 is 4.60. The number of esters is 1. The van der Waals surface area contributed by atoms with E-state index in [4.69, 9.17) is 0 Å². The minimum Gasteiger partial charge on any atom is -0.469 e. The van der Waals surface area contributed by atoms with E-state index in [2.05, 4.69) is 19.9 Å². The van der Waals surface area contributed by atoms with E-state index in [0.717, 1.165) is 0 Å². The van der Waals surface area contributed by atoms with Gasteiger partial charge in [0.2, 0.25) is 0 Å². The predicted octanol–water partition coefficient (Wildman–Crippen LogP) is -1.16. The lowest BCUT2D eigenvalue weighted by atomic mass is 10.1. The number of amides is 1. The van der Waals surface area contributed by atoms with Gasteiger partial charge in [0.25, 0.3) is 5.91 Å². The van der Waals surface area contributed by atoms with Crippen LogP contribution < -0.4 is 10.6 Å². The van der Waals surface area contributed by atoms with Crippen molar-refractivity contribution in [2.24, 2.45) is 12.0 Å². The molecule has 7 nitrogen and oxygen atoms in total. The number of aryl methyl sites for hydroxylation is 1. The molecule has 0 unspecified atom stereocenters. The summed E-state index contributed by atoms with van der Waals surface area (Å²) in [6.45, 7) is 0. The smallest absolute Gasteiger partial charge is 0.310 e. The van der Waals surface area contributed by atoms with Crippen molar-refractivity contribution in [3.63, 3.8) is 0 Å². The molecule has 2 heterocycles. The first kappa shape index (κ1) is 11.5. The molecule has 0 fully saturated rings. The molecule has 0 radical (unpaired) electrons. The van der Waals surface area contributed by atoms with Gasteiger partial charge < -0.3 is 4.74 Å². The van der Waals surface area contributed by atoms with Crippen LogP contribution in [0.15, 0.2) is 17.1 Å². The Balaban J connectivity index is 2.37. The number of hydrogen-bond acceptors (Lipinski definition) is 5. The molecule has 96 valence electrons. The Kier molecular flexibility index (Phi) is 2.41. The summed E-state index contributed by atoms with van der Waals surface area (Å²) in [6.07, 6.45) is -0.110. The SMILES string of the molecule is COC(=O)CC1=c2c(ccc3nn(C)nc23)=NC1=O. The van der Waals surface area contributed by atoms with E-state index in [-0.39, 0.29) is 6.42 Å². The van der Waals surface area contributed by atoms with Crippen LogP contribution in [0.3, 0.4) is 0 Å². The maximum Gasteiger partial charge on any atom is 0.310 e. The second kappa shape index (κ2) is 3.98. The molecular weight excluding hydrogens is 248 g/mol. The van der Waals surface area contributed by atoms with E-state index in [1.807, 2.05) is 0 Å². The van der Waals surface area contributed by atoms with Gasteiger partial charge >= 0.3 is 5.97 Å². The molecule has 0 N–H and O–H groups in total. The number of rotatable bonds is 2. The fraction of sp³-hybridized carbons (Fsp3) is 0.250. The standard InChI is InChI=1S/C12H10N4O3/c1-16-14-8-4-3-7-10(11(8)15-16)6(12(18)13-7)5-9(17)19-2/h3-4H,5H2,1-2H3. The van der Waals surface area contributed by atoms with Gasteiger partial charge in [0.05, 0.1) is 18.9 Å². The first-order valence-corrected chi connectivity index (χ1v) is 5.63. The van der Waals surface area contributed by atoms with Crippen LogP contribution in [0.2, 0.25) is 0 Å². The van der Waals surface area contributed by atoms with Crippen molar-refractivity contribution in [3.8, 4) is 0 Å². The second-order valence-corrected chi connectivity index (χ2v) is 4.17. The number of fused-ring (bicyclic) bond motifs is 3. The highest BCUT2D eigenvalue weighted by Gasteiger charge is 2.22. The molecule has 1 aliphatic heterocycles. The topological polar surface area (TPSA) is 86.4 Å². The molecule has 1 aromatic carbocycles. The lowest BCUT2D eigenvalue weighted by Gasteiger charge is -1.98. The Hall–Kier alpha value is -2.57. The van der Waals surface area contributed by atoms with Crippen molar-refractivity contribution in [2.75, 3.05) is 7.11 Å². The van der Waals surface area contributed by atoms with Crippen LogP contribution in [0.1, 0.15) is 6.42 Å². The minimum absolute atomic E-state index is 0.110. The summed E-state index contributed by atoms with van der Waals surface area (Å²) in [4.78, 5) is 28.6. The van der Waals surface area contributed by atoms with Gasteiger partial charge in [-0.15, -0.1) is 0 Å². The van der Waals surface area contributed by atoms with Crippen LogP contribution >= 0.6 is 0 Å². The number of carbonyl (C=O) groups is 2. The normalized spacial score (nSPS) is 13.6. The summed E-state index contributed by atoms with van der Waals surface area (Å²) >= 11 is 0. The fourth-order valence-corrected chi connectivity index (χ4v) is 2.13. The first-order valence-electron chi connectivity index (χ1n) is 5.63. The molecule has 0 saturated heterocycles. The lowest BCUT2D eigenvalue weighted by molar-refractivity contribution is -0.139. The quantitative estimate of drug-likeness (QED) is 0.634. The number of ether oxygens (including phenoxy) is 1. The molecule has 7 heteroatoms. The Bertz CT molecular complexity index is 835. The highest BCUT2D eigenvalue weighted by molar-refractivity contribution is 6.19. The van der Waals surface area contributed by atoms with E-state index in [0.29, 0.717) is 27.2 Å². The van der Waals surface area contributed by atoms with E-state index in [1.54, 1.807) is 19.2 Å². The molecule has 3 rings (SSSR count). The van der Waals surface area contributed by atoms with E-state index in [9.17, 15) is 9.59 Å². The molecule has 1 amide bonds. The number of methoxy groups -OCH3 is 1. The largest absolute Gasteiger partial charge is 0.469 e. The maximum atomic E-state index is 11.9.